The van der Waals surface area contributed by atoms with Crippen molar-refractivity contribution in [2.45, 2.75) is 124 Å². The Morgan fingerprint density at radius 2 is 1.70 bits per heavy atom. The summed E-state index contributed by atoms with van der Waals surface area (Å²) in [6, 6.07) is 1.03. The van der Waals surface area contributed by atoms with Crippen LogP contribution in [0.3, 0.4) is 0 Å². The first-order chi connectivity index (χ1) is 23.5. The molecule has 5 atom stereocenters. The first kappa shape index (κ1) is 40.5. The highest BCUT2D eigenvalue weighted by molar-refractivity contribution is 6.38. The summed E-state index contributed by atoms with van der Waals surface area (Å²) in [5.74, 6) is -1.91. The molecule has 1 aromatic rings. The zero-order chi connectivity index (χ0) is 37.2. The predicted octanol–water partition coefficient (Wildman–Crippen LogP) is 3.79. The molecule has 1 saturated heterocycles. The Morgan fingerprint density at radius 1 is 1.00 bits per heavy atom. The molecule has 5 amide bonds. The van der Waals surface area contributed by atoms with Crippen molar-refractivity contribution in [2.24, 2.45) is 29.1 Å². The SMILES string of the molecule is C=CCNC(=O)C(=O)C(CCCC1CCC1)NC(=O)[C@@H]1[C@@H](C(C)C)CCN1C(=O)[C@@H](NC(=O)N[C@H](Cn1ccccc1=O)C(C)C)C(C)(C)C. The van der Waals surface area contributed by atoms with Gasteiger partial charge in [-0.15, -0.1) is 6.58 Å². The van der Waals surface area contributed by atoms with Crippen molar-refractivity contribution in [3.05, 3.63) is 47.4 Å². The number of hydrogen-bond acceptors (Lipinski definition) is 6. The van der Waals surface area contributed by atoms with Crippen LogP contribution in [0.4, 0.5) is 4.79 Å². The molecule has 0 aromatic carbocycles. The van der Waals surface area contributed by atoms with Crippen molar-refractivity contribution in [3.8, 4) is 0 Å². The number of carbonyl (C=O) groups is 5. The molecule has 50 heavy (non-hydrogen) atoms. The zero-order valence-corrected chi connectivity index (χ0v) is 31.1. The van der Waals surface area contributed by atoms with Crippen LogP contribution in [0.2, 0.25) is 0 Å². The molecule has 3 rings (SSSR count). The van der Waals surface area contributed by atoms with Crippen LogP contribution in [0.5, 0.6) is 0 Å². The fourth-order valence-corrected chi connectivity index (χ4v) is 6.83. The Balaban J connectivity index is 1.81. The van der Waals surface area contributed by atoms with Crippen LogP contribution in [0.1, 0.15) is 93.4 Å². The molecule has 0 bridgehead atoms. The van der Waals surface area contributed by atoms with E-state index in [-0.39, 0.29) is 36.4 Å². The molecule has 1 aliphatic heterocycles. The minimum atomic E-state index is -1.02. The summed E-state index contributed by atoms with van der Waals surface area (Å²) in [5.41, 5.74) is -0.904. The maximum atomic E-state index is 14.4. The summed E-state index contributed by atoms with van der Waals surface area (Å²) in [6.07, 6.45) is 9.20. The number of likely N-dealkylation sites (tertiary alicyclic amines) is 1. The monoisotopic (exact) mass is 696 g/mol. The van der Waals surface area contributed by atoms with E-state index in [2.05, 4.69) is 27.8 Å². The molecule has 0 radical (unpaired) electrons. The van der Waals surface area contributed by atoms with Crippen molar-refractivity contribution in [2.75, 3.05) is 13.1 Å². The lowest BCUT2D eigenvalue weighted by molar-refractivity contribution is -0.144. The lowest BCUT2D eigenvalue weighted by Gasteiger charge is -2.37. The van der Waals surface area contributed by atoms with E-state index in [1.54, 1.807) is 18.3 Å². The molecular formula is C38H60N6O6. The first-order valence-corrected chi connectivity index (χ1v) is 18.3. The Labute approximate surface area is 297 Å². The van der Waals surface area contributed by atoms with Crippen molar-refractivity contribution in [1.82, 2.24) is 30.7 Å². The van der Waals surface area contributed by atoms with Gasteiger partial charge in [0.05, 0.1) is 12.1 Å². The number of Topliss-reactive ketones (excluding diaryl/α,β-unsaturated/α-hetero) is 1. The average molecular weight is 697 g/mol. The van der Waals surface area contributed by atoms with E-state index in [9.17, 15) is 28.8 Å². The molecule has 2 fully saturated rings. The quantitative estimate of drug-likeness (QED) is 0.143. The van der Waals surface area contributed by atoms with E-state index in [0.717, 1.165) is 19.3 Å². The van der Waals surface area contributed by atoms with Crippen molar-refractivity contribution in [1.29, 1.82) is 0 Å². The van der Waals surface area contributed by atoms with Gasteiger partial charge < -0.3 is 30.7 Å². The Kier molecular flexibility index (Phi) is 14.8. The van der Waals surface area contributed by atoms with Gasteiger partial charge in [0.25, 0.3) is 11.5 Å². The summed E-state index contributed by atoms with van der Waals surface area (Å²) >= 11 is 0. The van der Waals surface area contributed by atoms with Crippen LogP contribution in [0.25, 0.3) is 0 Å². The molecule has 4 N–H and O–H groups in total. The number of hydrogen-bond donors (Lipinski definition) is 4. The topological polar surface area (TPSA) is 159 Å². The van der Waals surface area contributed by atoms with E-state index < -0.39 is 59.1 Å². The van der Waals surface area contributed by atoms with Gasteiger partial charge in [0.15, 0.2) is 0 Å². The number of pyridine rings is 1. The summed E-state index contributed by atoms with van der Waals surface area (Å²) in [5, 5.41) is 11.3. The molecule has 0 spiro atoms. The minimum Gasteiger partial charge on any atom is -0.346 e. The van der Waals surface area contributed by atoms with Gasteiger partial charge in [-0.1, -0.05) is 92.7 Å². The fraction of sp³-hybridized carbons (Fsp3) is 0.684. The molecule has 12 heteroatoms. The van der Waals surface area contributed by atoms with Crippen LogP contribution < -0.4 is 26.8 Å². The third-order valence-corrected chi connectivity index (χ3v) is 10.2. The van der Waals surface area contributed by atoms with Crippen molar-refractivity contribution >= 4 is 29.5 Å². The maximum absolute atomic E-state index is 14.4. The highest BCUT2D eigenvalue weighted by atomic mass is 16.2. The molecule has 2 heterocycles. The highest BCUT2D eigenvalue weighted by Crippen LogP contribution is 2.34. The lowest BCUT2D eigenvalue weighted by Crippen LogP contribution is -2.61. The van der Waals surface area contributed by atoms with Crippen LogP contribution in [-0.2, 0) is 25.7 Å². The van der Waals surface area contributed by atoms with Gasteiger partial charge in [0, 0.05) is 31.9 Å². The second-order valence-electron chi connectivity index (χ2n) is 15.8. The Hall–Kier alpha value is -3.96. The summed E-state index contributed by atoms with van der Waals surface area (Å²) in [4.78, 5) is 82.0. The first-order valence-electron chi connectivity index (χ1n) is 18.3. The van der Waals surface area contributed by atoms with Crippen LogP contribution in [0, 0.1) is 29.1 Å². The molecule has 1 saturated carbocycles. The van der Waals surface area contributed by atoms with E-state index in [4.69, 9.17) is 0 Å². The van der Waals surface area contributed by atoms with Crippen LogP contribution >= 0.6 is 0 Å². The Morgan fingerprint density at radius 3 is 2.26 bits per heavy atom. The van der Waals surface area contributed by atoms with E-state index in [1.807, 2.05) is 48.5 Å². The van der Waals surface area contributed by atoms with E-state index >= 15 is 0 Å². The molecule has 1 unspecified atom stereocenters. The predicted molar refractivity (Wildman–Crippen MR) is 194 cm³/mol. The fourth-order valence-electron chi connectivity index (χ4n) is 6.83. The minimum absolute atomic E-state index is 0.0154. The van der Waals surface area contributed by atoms with Crippen LogP contribution in [-0.4, -0.2) is 76.3 Å². The van der Waals surface area contributed by atoms with Crippen molar-refractivity contribution in [3.63, 3.8) is 0 Å². The maximum Gasteiger partial charge on any atom is 0.315 e. The molecule has 1 aromatic heterocycles. The van der Waals surface area contributed by atoms with E-state index in [1.165, 1.54) is 28.0 Å². The van der Waals surface area contributed by atoms with E-state index in [0.29, 0.717) is 31.7 Å². The van der Waals surface area contributed by atoms with Gasteiger partial charge in [-0.3, -0.25) is 24.0 Å². The molecule has 2 aliphatic rings. The second kappa shape index (κ2) is 18.3. The molecular weight excluding hydrogens is 636 g/mol. The van der Waals surface area contributed by atoms with Gasteiger partial charge in [0.2, 0.25) is 17.6 Å². The van der Waals surface area contributed by atoms with Gasteiger partial charge in [-0.25, -0.2) is 4.79 Å². The summed E-state index contributed by atoms with van der Waals surface area (Å²) < 4.78 is 1.53. The average Bonchev–Trinajstić information content (AvgIpc) is 3.48. The molecule has 12 nitrogen and oxygen atoms in total. The number of carbonyl (C=O) groups excluding carboxylic acids is 5. The number of amides is 5. The van der Waals surface area contributed by atoms with Crippen molar-refractivity contribution < 1.29 is 24.0 Å². The molecule has 278 valence electrons. The number of urea groups is 1. The number of ketones is 1. The number of nitrogens with zero attached hydrogens (tertiary/aromatic N) is 2. The normalized spacial score (nSPS) is 19.7. The van der Waals surface area contributed by atoms with Gasteiger partial charge in [-0.05, 0) is 48.0 Å². The molecule has 1 aliphatic carbocycles. The Bertz CT molecular complexity index is 1410. The lowest BCUT2D eigenvalue weighted by atomic mass is 9.81. The van der Waals surface area contributed by atoms with Gasteiger partial charge >= 0.3 is 6.03 Å². The number of nitrogens with one attached hydrogen (secondary N) is 4. The summed E-state index contributed by atoms with van der Waals surface area (Å²) in [7, 11) is 0. The van der Waals surface area contributed by atoms with Gasteiger partial charge in [0.1, 0.15) is 12.1 Å². The zero-order valence-electron chi connectivity index (χ0n) is 31.1. The second-order valence-corrected chi connectivity index (χ2v) is 15.8. The highest BCUT2D eigenvalue weighted by Gasteiger charge is 2.47. The smallest absolute Gasteiger partial charge is 0.315 e. The largest absolute Gasteiger partial charge is 0.346 e. The number of aromatic nitrogens is 1. The number of rotatable bonds is 17. The standard InChI is InChI=1S/C38H60N6O6/c1-9-20-39-35(48)32(46)28(17-13-16-26-14-12-15-26)40-34(47)31-27(24(2)3)19-22-44(31)36(49)33(38(6,7)8)42-37(50)41-29(25(4)5)23-43-21-11-10-18-30(43)45/h9-11,18,21,24-29,31,33H,1,12-17,19-20,22-23H2,2-8H3,(H,39,48)(H,40,47)(H2,41,42,50)/t27-,28?,29-,31+,33-/m1/s1. The third-order valence-electron chi connectivity index (χ3n) is 10.2. The van der Waals surface area contributed by atoms with Crippen LogP contribution in [0.15, 0.2) is 41.8 Å². The third kappa shape index (κ3) is 11.0. The van der Waals surface area contributed by atoms with Gasteiger partial charge in [-0.2, -0.15) is 0 Å². The summed E-state index contributed by atoms with van der Waals surface area (Å²) in [6.45, 7) is 17.7.